The van der Waals surface area contributed by atoms with Gasteiger partial charge in [0.05, 0.1) is 13.5 Å². The van der Waals surface area contributed by atoms with Crippen molar-refractivity contribution in [1.82, 2.24) is 4.31 Å². The summed E-state index contributed by atoms with van der Waals surface area (Å²) < 4.78 is 55.9. The van der Waals surface area contributed by atoms with Crippen LogP contribution in [-0.2, 0) is 19.6 Å². The summed E-state index contributed by atoms with van der Waals surface area (Å²) in [5, 5.41) is 0. The number of ether oxygens (including phenoxy) is 1. The number of sulfonamides is 1. The molecule has 1 aromatic carbocycles. The minimum Gasteiger partial charge on any atom is -0.469 e. The fourth-order valence-corrected chi connectivity index (χ4v) is 2.63. The van der Waals surface area contributed by atoms with Gasteiger partial charge >= 0.3 is 5.97 Å². The molecule has 0 unspecified atom stereocenters. The lowest BCUT2D eigenvalue weighted by Crippen LogP contribution is -2.30. The summed E-state index contributed by atoms with van der Waals surface area (Å²) >= 11 is 0. The number of rotatable bonds is 5. The van der Waals surface area contributed by atoms with Crippen LogP contribution in [0.1, 0.15) is 6.42 Å². The Balaban J connectivity index is 3.01. The molecule has 1 aromatic rings. The molecule has 1 rings (SSSR count). The number of esters is 1. The number of hydrogen-bond donors (Lipinski definition) is 0. The minimum atomic E-state index is -4.33. The van der Waals surface area contributed by atoms with Crippen LogP contribution in [0, 0.1) is 11.6 Å². The summed E-state index contributed by atoms with van der Waals surface area (Å²) in [4.78, 5) is 9.90. The van der Waals surface area contributed by atoms with E-state index in [0.717, 1.165) is 32.4 Å². The highest BCUT2D eigenvalue weighted by molar-refractivity contribution is 7.89. The van der Waals surface area contributed by atoms with Crippen molar-refractivity contribution in [3.8, 4) is 0 Å². The van der Waals surface area contributed by atoms with Crippen LogP contribution >= 0.6 is 0 Å². The SMILES string of the molecule is COC(=O)CCN(C)S(=O)(=O)c1c(F)cccc1F. The zero-order valence-corrected chi connectivity index (χ0v) is 11.2. The molecule has 0 aliphatic rings. The van der Waals surface area contributed by atoms with E-state index in [4.69, 9.17) is 0 Å². The topological polar surface area (TPSA) is 63.7 Å². The molecule has 0 spiro atoms. The van der Waals surface area contributed by atoms with Gasteiger partial charge in [0.1, 0.15) is 11.6 Å². The van der Waals surface area contributed by atoms with Crippen LogP contribution in [0.15, 0.2) is 23.1 Å². The third kappa shape index (κ3) is 3.48. The molecule has 0 bridgehead atoms. The van der Waals surface area contributed by atoms with E-state index in [1.54, 1.807) is 0 Å². The van der Waals surface area contributed by atoms with Gasteiger partial charge in [0.2, 0.25) is 10.0 Å². The van der Waals surface area contributed by atoms with Gasteiger partial charge in [-0.3, -0.25) is 4.79 Å². The van der Waals surface area contributed by atoms with Gasteiger partial charge < -0.3 is 4.74 Å². The Morgan fingerprint density at radius 2 is 1.84 bits per heavy atom. The van der Waals surface area contributed by atoms with E-state index < -0.39 is 32.5 Å². The van der Waals surface area contributed by atoms with Crippen LogP contribution in [-0.4, -0.2) is 39.4 Å². The Morgan fingerprint density at radius 1 is 1.32 bits per heavy atom. The van der Waals surface area contributed by atoms with E-state index in [-0.39, 0.29) is 13.0 Å². The molecular weight excluding hydrogens is 280 g/mol. The van der Waals surface area contributed by atoms with Crippen LogP contribution < -0.4 is 0 Å². The van der Waals surface area contributed by atoms with Gasteiger partial charge in [-0.1, -0.05) is 6.07 Å². The molecule has 106 valence electrons. The number of methoxy groups -OCH3 is 1. The maximum absolute atomic E-state index is 13.4. The van der Waals surface area contributed by atoms with Crippen LogP contribution in [0.3, 0.4) is 0 Å². The van der Waals surface area contributed by atoms with Crippen molar-refractivity contribution in [2.24, 2.45) is 0 Å². The van der Waals surface area contributed by atoms with Crippen molar-refractivity contribution in [3.63, 3.8) is 0 Å². The molecule has 0 aromatic heterocycles. The Kier molecular flexibility index (Phi) is 4.96. The Morgan fingerprint density at radius 3 is 2.32 bits per heavy atom. The van der Waals surface area contributed by atoms with Gasteiger partial charge in [-0.15, -0.1) is 0 Å². The summed E-state index contributed by atoms with van der Waals surface area (Å²) in [5.41, 5.74) is 0. The second-order valence-corrected chi connectivity index (χ2v) is 5.69. The molecule has 0 radical (unpaired) electrons. The van der Waals surface area contributed by atoms with Gasteiger partial charge in [-0.2, -0.15) is 0 Å². The molecule has 8 heteroatoms. The largest absolute Gasteiger partial charge is 0.469 e. The first kappa shape index (κ1) is 15.5. The van der Waals surface area contributed by atoms with Gasteiger partial charge in [-0.25, -0.2) is 21.5 Å². The smallest absolute Gasteiger partial charge is 0.306 e. The standard InChI is InChI=1S/C11H13F2NO4S/c1-14(7-6-10(15)18-2)19(16,17)11-8(12)4-3-5-9(11)13/h3-5H,6-7H2,1-2H3. The highest BCUT2D eigenvalue weighted by Crippen LogP contribution is 2.21. The molecule has 0 aliphatic heterocycles. The van der Waals surface area contributed by atoms with Crippen LogP contribution in [0.2, 0.25) is 0 Å². The van der Waals surface area contributed by atoms with Crippen molar-refractivity contribution in [2.75, 3.05) is 20.7 Å². The monoisotopic (exact) mass is 293 g/mol. The molecule has 0 saturated carbocycles. The summed E-state index contributed by atoms with van der Waals surface area (Å²) in [6.07, 6.45) is -0.206. The van der Waals surface area contributed by atoms with E-state index in [1.165, 1.54) is 0 Å². The fourth-order valence-electron chi connectivity index (χ4n) is 1.36. The van der Waals surface area contributed by atoms with Crippen LogP contribution in [0.25, 0.3) is 0 Å². The molecule has 0 amide bonds. The van der Waals surface area contributed by atoms with Crippen molar-refractivity contribution < 1.29 is 26.7 Å². The van der Waals surface area contributed by atoms with E-state index >= 15 is 0 Å². The summed E-state index contributed by atoms with van der Waals surface area (Å²) in [5.74, 6) is -2.97. The van der Waals surface area contributed by atoms with Crippen molar-refractivity contribution in [3.05, 3.63) is 29.8 Å². The lowest BCUT2D eigenvalue weighted by Gasteiger charge is -2.17. The Labute approximate surface area is 109 Å². The molecule has 5 nitrogen and oxygen atoms in total. The maximum Gasteiger partial charge on any atom is 0.306 e. The first-order valence-corrected chi connectivity index (χ1v) is 6.72. The number of nitrogens with zero attached hydrogens (tertiary/aromatic N) is 1. The van der Waals surface area contributed by atoms with Crippen molar-refractivity contribution >= 4 is 16.0 Å². The van der Waals surface area contributed by atoms with Crippen molar-refractivity contribution in [1.29, 1.82) is 0 Å². The number of carbonyl (C=O) groups is 1. The minimum absolute atomic E-state index is 0.206. The molecule has 19 heavy (non-hydrogen) atoms. The lowest BCUT2D eigenvalue weighted by atomic mass is 10.3. The number of hydrogen-bond acceptors (Lipinski definition) is 4. The zero-order chi connectivity index (χ0) is 14.6. The number of benzene rings is 1. The average molecular weight is 293 g/mol. The second-order valence-electron chi connectivity index (χ2n) is 3.70. The highest BCUT2D eigenvalue weighted by Gasteiger charge is 2.28. The van der Waals surface area contributed by atoms with E-state index in [9.17, 15) is 22.0 Å². The normalized spacial score (nSPS) is 11.6. The summed E-state index contributed by atoms with van der Waals surface area (Å²) in [6.45, 7) is -0.233. The summed E-state index contributed by atoms with van der Waals surface area (Å²) in [7, 11) is -2.04. The number of halogens is 2. The van der Waals surface area contributed by atoms with Crippen molar-refractivity contribution in [2.45, 2.75) is 11.3 Å². The first-order chi connectivity index (χ1) is 8.80. The molecular formula is C11H13F2NO4S. The van der Waals surface area contributed by atoms with E-state index in [2.05, 4.69) is 4.74 Å². The quantitative estimate of drug-likeness (QED) is 0.764. The van der Waals surface area contributed by atoms with Gasteiger partial charge in [0.15, 0.2) is 4.90 Å². The molecule has 0 N–H and O–H groups in total. The molecule has 0 fully saturated rings. The molecule has 0 saturated heterocycles. The van der Waals surface area contributed by atoms with E-state index in [0.29, 0.717) is 4.31 Å². The first-order valence-electron chi connectivity index (χ1n) is 5.28. The predicted molar refractivity (Wildman–Crippen MR) is 62.8 cm³/mol. The third-order valence-corrected chi connectivity index (χ3v) is 4.35. The van der Waals surface area contributed by atoms with Gasteiger partial charge in [-0.05, 0) is 12.1 Å². The van der Waals surface area contributed by atoms with Gasteiger partial charge in [0, 0.05) is 13.6 Å². The average Bonchev–Trinajstić information content (AvgIpc) is 2.34. The summed E-state index contributed by atoms with van der Waals surface area (Å²) in [6, 6.07) is 2.77. The van der Waals surface area contributed by atoms with E-state index in [1.807, 2.05) is 0 Å². The van der Waals surface area contributed by atoms with Crippen LogP contribution in [0.5, 0.6) is 0 Å². The Hall–Kier alpha value is -1.54. The van der Waals surface area contributed by atoms with Gasteiger partial charge in [0.25, 0.3) is 0 Å². The van der Waals surface area contributed by atoms with Crippen LogP contribution in [0.4, 0.5) is 8.78 Å². The molecule has 0 heterocycles. The second kappa shape index (κ2) is 6.07. The molecule has 0 aliphatic carbocycles. The third-order valence-electron chi connectivity index (χ3n) is 2.45. The highest BCUT2D eigenvalue weighted by atomic mass is 32.2. The Bertz CT molecular complexity index is 554. The zero-order valence-electron chi connectivity index (χ0n) is 10.4. The number of carbonyl (C=O) groups excluding carboxylic acids is 1. The lowest BCUT2D eigenvalue weighted by molar-refractivity contribution is -0.140. The maximum atomic E-state index is 13.4. The predicted octanol–water partition coefficient (Wildman–Crippen LogP) is 1.15. The fraction of sp³-hybridized carbons (Fsp3) is 0.364. The molecule has 0 atom stereocenters.